The zero-order valence-corrected chi connectivity index (χ0v) is 11.0. The Kier molecular flexibility index (Phi) is 4.97. The van der Waals surface area contributed by atoms with E-state index in [1.54, 1.807) is 0 Å². The molecule has 0 atom stereocenters. The van der Waals surface area contributed by atoms with Gasteiger partial charge in [-0.3, -0.25) is 4.79 Å². The van der Waals surface area contributed by atoms with E-state index in [1.807, 2.05) is 7.05 Å². The Morgan fingerprint density at radius 2 is 2.06 bits per heavy atom. The molecule has 100 valence electrons. The third kappa shape index (κ3) is 3.92. The lowest BCUT2D eigenvalue weighted by molar-refractivity contribution is 0.0945. The molecule has 0 aliphatic rings. The minimum Gasteiger partial charge on any atom is -0.508 e. The number of carbonyl (C=O) groups excluding carboxylic acids is 1. The van der Waals surface area contributed by atoms with Crippen LogP contribution >= 0.6 is 0 Å². The van der Waals surface area contributed by atoms with Gasteiger partial charge >= 0.3 is 0 Å². The smallest absolute Gasteiger partial charge is 0.255 e. The van der Waals surface area contributed by atoms with Gasteiger partial charge < -0.3 is 20.4 Å². The molecule has 5 nitrogen and oxygen atoms in total. The number of benzene rings is 1. The van der Waals surface area contributed by atoms with Crippen molar-refractivity contribution in [2.75, 3.05) is 20.1 Å². The predicted octanol–water partition coefficient (Wildman–Crippen LogP) is 1.17. The third-order valence-electron chi connectivity index (χ3n) is 2.86. The van der Waals surface area contributed by atoms with Crippen LogP contribution in [0.25, 0.3) is 0 Å². The number of amides is 1. The fourth-order valence-corrected chi connectivity index (χ4v) is 1.41. The van der Waals surface area contributed by atoms with E-state index in [-0.39, 0.29) is 23.0 Å². The normalized spacial score (nSPS) is 10.9. The van der Waals surface area contributed by atoms with Crippen LogP contribution < -0.4 is 5.32 Å². The van der Waals surface area contributed by atoms with E-state index in [2.05, 4.69) is 24.1 Å². The van der Waals surface area contributed by atoms with Crippen LogP contribution in [-0.4, -0.2) is 47.2 Å². The molecule has 0 unspecified atom stereocenters. The second-order valence-electron chi connectivity index (χ2n) is 4.53. The van der Waals surface area contributed by atoms with Crippen LogP contribution in [0.5, 0.6) is 11.5 Å². The molecular weight excluding hydrogens is 232 g/mol. The van der Waals surface area contributed by atoms with E-state index in [0.717, 1.165) is 6.54 Å². The van der Waals surface area contributed by atoms with Gasteiger partial charge in [0.2, 0.25) is 0 Å². The quantitative estimate of drug-likeness (QED) is 0.688. The fraction of sp³-hybridized carbons (Fsp3) is 0.462. The van der Waals surface area contributed by atoms with Crippen LogP contribution in [0, 0.1) is 0 Å². The highest BCUT2D eigenvalue weighted by Crippen LogP contribution is 2.21. The summed E-state index contributed by atoms with van der Waals surface area (Å²) in [4.78, 5) is 13.9. The van der Waals surface area contributed by atoms with Crippen molar-refractivity contribution in [3.63, 3.8) is 0 Å². The van der Waals surface area contributed by atoms with Crippen molar-refractivity contribution in [1.29, 1.82) is 0 Å². The summed E-state index contributed by atoms with van der Waals surface area (Å²) < 4.78 is 0. The second-order valence-corrected chi connectivity index (χ2v) is 4.53. The molecule has 0 aliphatic carbocycles. The van der Waals surface area contributed by atoms with Crippen LogP contribution in [0.4, 0.5) is 0 Å². The van der Waals surface area contributed by atoms with E-state index < -0.39 is 0 Å². The average Bonchev–Trinajstić information content (AvgIpc) is 2.31. The summed E-state index contributed by atoms with van der Waals surface area (Å²) in [5.74, 6) is -0.569. The van der Waals surface area contributed by atoms with Crippen molar-refractivity contribution in [1.82, 2.24) is 10.2 Å². The van der Waals surface area contributed by atoms with Gasteiger partial charge in [-0.1, -0.05) is 0 Å². The first kappa shape index (κ1) is 14.3. The Morgan fingerprint density at radius 1 is 1.39 bits per heavy atom. The summed E-state index contributed by atoms with van der Waals surface area (Å²) in [6.45, 7) is 5.36. The van der Waals surface area contributed by atoms with E-state index in [0.29, 0.717) is 12.6 Å². The minimum absolute atomic E-state index is 0.0442. The molecule has 0 fully saturated rings. The molecule has 5 heteroatoms. The van der Waals surface area contributed by atoms with Crippen molar-refractivity contribution in [3.05, 3.63) is 23.8 Å². The minimum atomic E-state index is -0.388. The van der Waals surface area contributed by atoms with E-state index >= 15 is 0 Å². The standard InChI is InChI=1S/C13H20N2O3/c1-9(2)15(3)7-6-14-13(18)11-8-10(16)4-5-12(11)17/h4-5,8-9,16-17H,6-7H2,1-3H3,(H,14,18). The van der Waals surface area contributed by atoms with Crippen molar-refractivity contribution in [3.8, 4) is 11.5 Å². The van der Waals surface area contributed by atoms with Gasteiger partial charge in [-0.25, -0.2) is 0 Å². The van der Waals surface area contributed by atoms with Crippen LogP contribution in [0.3, 0.4) is 0 Å². The summed E-state index contributed by atoms with van der Waals surface area (Å²) in [6, 6.07) is 4.29. The van der Waals surface area contributed by atoms with Gasteiger partial charge in [0, 0.05) is 19.1 Å². The molecule has 18 heavy (non-hydrogen) atoms. The number of carbonyl (C=O) groups is 1. The predicted molar refractivity (Wildman–Crippen MR) is 69.9 cm³/mol. The summed E-state index contributed by atoms with van der Waals surface area (Å²) in [5.41, 5.74) is 0.0854. The Bertz CT molecular complexity index is 419. The Labute approximate surface area is 107 Å². The molecule has 0 saturated carbocycles. The maximum atomic E-state index is 11.8. The van der Waals surface area contributed by atoms with Gasteiger partial charge in [0.1, 0.15) is 11.5 Å². The lowest BCUT2D eigenvalue weighted by Crippen LogP contribution is -2.36. The first-order chi connectivity index (χ1) is 8.41. The van der Waals surface area contributed by atoms with Gasteiger partial charge in [0.05, 0.1) is 5.56 Å². The number of nitrogens with one attached hydrogen (secondary N) is 1. The largest absolute Gasteiger partial charge is 0.508 e. The number of nitrogens with zero attached hydrogens (tertiary/aromatic N) is 1. The third-order valence-corrected chi connectivity index (χ3v) is 2.86. The van der Waals surface area contributed by atoms with Gasteiger partial charge in [-0.15, -0.1) is 0 Å². The molecule has 0 spiro atoms. The van der Waals surface area contributed by atoms with Gasteiger partial charge in [-0.2, -0.15) is 0 Å². The zero-order valence-electron chi connectivity index (χ0n) is 11.0. The highest BCUT2D eigenvalue weighted by atomic mass is 16.3. The van der Waals surface area contributed by atoms with Crippen LogP contribution in [-0.2, 0) is 0 Å². The monoisotopic (exact) mass is 252 g/mol. The molecule has 1 rings (SSSR count). The number of likely N-dealkylation sites (N-methyl/N-ethyl adjacent to an activating group) is 1. The van der Waals surface area contributed by atoms with Crippen molar-refractivity contribution >= 4 is 5.91 Å². The van der Waals surface area contributed by atoms with E-state index in [1.165, 1.54) is 18.2 Å². The number of phenols is 2. The number of hydrogen-bond acceptors (Lipinski definition) is 4. The fourth-order valence-electron chi connectivity index (χ4n) is 1.41. The molecule has 0 bridgehead atoms. The molecule has 1 amide bonds. The van der Waals surface area contributed by atoms with Gasteiger partial charge in [0.15, 0.2) is 0 Å². The Balaban J connectivity index is 2.53. The molecule has 0 saturated heterocycles. The molecule has 0 radical (unpaired) electrons. The molecule has 0 heterocycles. The molecular formula is C13H20N2O3. The highest BCUT2D eigenvalue weighted by Gasteiger charge is 2.12. The number of rotatable bonds is 5. The molecule has 1 aromatic rings. The first-order valence-electron chi connectivity index (χ1n) is 5.92. The van der Waals surface area contributed by atoms with Gasteiger partial charge in [-0.05, 0) is 39.1 Å². The maximum Gasteiger partial charge on any atom is 0.255 e. The zero-order chi connectivity index (χ0) is 13.7. The van der Waals surface area contributed by atoms with Crippen LogP contribution in [0.15, 0.2) is 18.2 Å². The SMILES string of the molecule is CC(C)N(C)CCNC(=O)c1cc(O)ccc1O. The van der Waals surface area contributed by atoms with Crippen molar-refractivity contribution in [2.24, 2.45) is 0 Å². The number of hydrogen-bond donors (Lipinski definition) is 3. The molecule has 1 aromatic carbocycles. The van der Waals surface area contributed by atoms with E-state index in [4.69, 9.17) is 0 Å². The topological polar surface area (TPSA) is 72.8 Å². The van der Waals surface area contributed by atoms with Crippen molar-refractivity contribution in [2.45, 2.75) is 19.9 Å². The summed E-state index contributed by atoms with van der Waals surface area (Å²) in [5, 5.41) is 21.5. The highest BCUT2D eigenvalue weighted by molar-refractivity contribution is 5.97. The lowest BCUT2D eigenvalue weighted by Gasteiger charge is -2.20. The van der Waals surface area contributed by atoms with Crippen molar-refractivity contribution < 1.29 is 15.0 Å². The second kappa shape index (κ2) is 6.26. The Hall–Kier alpha value is -1.75. The first-order valence-corrected chi connectivity index (χ1v) is 5.92. The molecule has 0 aliphatic heterocycles. The molecule has 0 aromatic heterocycles. The number of phenolic OH excluding ortho intramolecular Hbond substituents is 2. The van der Waals surface area contributed by atoms with Crippen LogP contribution in [0.2, 0.25) is 0 Å². The summed E-state index contributed by atoms with van der Waals surface area (Å²) >= 11 is 0. The Morgan fingerprint density at radius 3 is 2.67 bits per heavy atom. The summed E-state index contributed by atoms with van der Waals surface area (Å²) in [6.07, 6.45) is 0. The number of aromatic hydroxyl groups is 2. The van der Waals surface area contributed by atoms with Gasteiger partial charge in [0.25, 0.3) is 5.91 Å². The molecule has 3 N–H and O–H groups in total. The van der Waals surface area contributed by atoms with E-state index in [9.17, 15) is 15.0 Å². The summed E-state index contributed by atoms with van der Waals surface area (Å²) in [7, 11) is 1.97. The maximum absolute atomic E-state index is 11.8. The average molecular weight is 252 g/mol. The van der Waals surface area contributed by atoms with Crippen LogP contribution in [0.1, 0.15) is 24.2 Å². The lowest BCUT2D eigenvalue weighted by atomic mass is 10.2.